The molecule has 1 rings (SSSR count). The molecule has 102 valence electrons. The van der Waals surface area contributed by atoms with E-state index in [-0.39, 0.29) is 12.6 Å². The van der Waals surface area contributed by atoms with E-state index in [1.165, 1.54) is 5.56 Å². The van der Waals surface area contributed by atoms with Crippen molar-refractivity contribution in [1.82, 2.24) is 5.32 Å². The summed E-state index contributed by atoms with van der Waals surface area (Å²) in [5.74, 6) is 0.913. The Kier molecular flexibility index (Phi) is 7.46. The van der Waals surface area contributed by atoms with Crippen LogP contribution in [0.15, 0.2) is 24.3 Å². The van der Waals surface area contributed by atoms with Crippen LogP contribution < -0.4 is 10.1 Å². The zero-order valence-electron chi connectivity index (χ0n) is 11.5. The average molecular weight is 251 g/mol. The van der Waals surface area contributed by atoms with Crippen LogP contribution in [0.3, 0.4) is 0 Å². The van der Waals surface area contributed by atoms with E-state index in [9.17, 15) is 0 Å². The Morgan fingerprint density at radius 3 is 2.83 bits per heavy atom. The van der Waals surface area contributed by atoms with Gasteiger partial charge in [-0.2, -0.15) is 0 Å². The third kappa shape index (κ3) is 5.52. The Balaban J connectivity index is 2.44. The summed E-state index contributed by atoms with van der Waals surface area (Å²) in [5.41, 5.74) is 1.28. The molecule has 0 spiro atoms. The Morgan fingerprint density at radius 1 is 1.33 bits per heavy atom. The number of hydrogen-bond donors (Lipinski definition) is 2. The highest BCUT2D eigenvalue weighted by Gasteiger charge is 2.08. The molecular weight excluding hydrogens is 226 g/mol. The first-order valence-electron chi connectivity index (χ1n) is 6.86. The lowest BCUT2D eigenvalue weighted by molar-refractivity contribution is 0.213. The molecule has 0 saturated heterocycles. The predicted molar refractivity (Wildman–Crippen MR) is 75.1 cm³/mol. The predicted octanol–water partition coefficient (Wildman–Crippen LogP) is 2.38. The van der Waals surface area contributed by atoms with Crippen LogP contribution >= 0.6 is 0 Å². The minimum absolute atomic E-state index is 0.194. The number of aliphatic hydroxyl groups excluding tert-OH is 1. The minimum atomic E-state index is 0.194. The third-order valence-corrected chi connectivity index (χ3v) is 2.92. The smallest absolute Gasteiger partial charge is 0.119 e. The van der Waals surface area contributed by atoms with E-state index in [2.05, 4.69) is 31.3 Å². The average Bonchev–Trinajstić information content (AvgIpc) is 2.42. The molecule has 0 aromatic heterocycles. The van der Waals surface area contributed by atoms with Gasteiger partial charge >= 0.3 is 0 Å². The summed E-state index contributed by atoms with van der Waals surface area (Å²) in [6.07, 6.45) is 2.84. The van der Waals surface area contributed by atoms with Gasteiger partial charge in [0, 0.05) is 12.6 Å². The van der Waals surface area contributed by atoms with Crippen LogP contribution in [-0.2, 0) is 6.42 Å². The van der Waals surface area contributed by atoms with E-state index in [0.29, 0.717) is 6.61 Å². The van der Waals surface area contributed by atoms with Gasteiger partial charge < -0.3 is 15.2 Å². The Bertz CT molecular complexity index is 328. The van der Waals surface area contributed by atoms with Gasteiger partial charge in [0.05, 0.1) is 0 Å². The van der Waals surface area contributed by atoms with Gasteiger partial charge in [0.25, 0.3) is 0 Å². The molecule has 3 nitrogen and oxygen atoms in total. The van der Waals surface area contributed by atoms with E-state index in [0.717, 1.165) is 31.6 Å². The van der Waals surface area contributed by atoms with Crippen molar-refractivity contribution in [2.45, 2.75) is 39.2 Å². The normalized spacial score (nSPS) is 12.4. The molecule has 0 aliphatic rings. The van der Waals surface area contributed by atoms with E-state index in [4.69, 9.17) is 9.84 Å². The van der Waals surface area contributed by atoms with Gasteiger partial charge in [0.15, 0.2) is 0 Å². The van der Waals surface area contributed by atoms with Gasteiger partial charge in [0.1, 0.15) is 12.4 Å². The second kappa shape index (κ2) is 8.95. The number of hydrogen-bond acceptors (Lipinski definition) is 3. The second-order valence-electron chi connectivity index (χ2n) is 4.48. The maximum absolute atomic E-state index is 9.02. The molecule has 0 amide bonds. The summed E-state index contributed by atoms with van der Waals surface area (Å²) in [4.78, 5) is 0. The number of nitrogens with one attached hydrogen (secondary N) is 1. The molecular formula is C15H25NO2. The Labute approximate surface area is 110 Å². The van der Waals surface area contributed by atoms with Crippen molar-refractivity contribution in [3.63, 3.8) is 0 Å². The zero-order valence-corrected chi connectivity index (χ0v) is 11.5. The van der Waals surface area contributed by atoms with Crippen LogP contribution in [0.25, 0.3) is 0 Å². The van der Waals surface area contributed by atoms with Crippen LogP contribution in [0, 0.1) is 0 Å². The van der Waals surface area contributed by atoms with E-state index < -0.39 is 0 Å². The lowest BCUT2D eigenvalue weighted by Crippen LogP contribution is -2.36. The first-order valence-corrected chi connectivity index (χ1v) is 6.86. The quantitative estimate of drug-likeness (QED) is 0.708. The monoisotopic (exact) mass is 251 g/mol. The van der Waals surface area contributed by atoms with Gasteiger partial charge in [-0.15, -0.1) is 0 Å². The molecule has 0 aliphatic carbocycles. The number of rotatable bonds is 9. The van der Waals surface area contributed by atoms with Gasteiger partial charge in [-0.1, -0.05) is 26.0 Å². The van der Waals surface area contributed by atoms with Crippen LogP contribution in [0.5, 0.6) is 5.75 Å². The summed E-state index contributed by atoms with van der Waals surface area (Å²) >= 11 is 0. The van der Waals surface area contributed by atoms with Crippen molar-refractivity contribution in [1.29, 1.82) is 0 Å². The van der Waals surface area contributed by atoms with Crippen molar-refractivity contribution in [3.8, 4) is 5.75 Å². The number of ether oxygens (including phenoxy) is 1. The first kappa shape index (κ1) is 15.0. The molecule has 1 atom stereocenters. The molecule has 2 N–H and O–H groups in total. The summed E-state index contributed by atoms with van der Waals surface area (Å²) in [5, 5.41) is 12.4. The standard InChI is InChI=1S/C15H25NO2/c1-3-9-16-14(8-10-17)12-18-15-7-5-6-13(4-2)11-15/h5-7,11,14,16-17H,3-4,8-10,12H2,1-2H3. The van der Waals surface area contributed by atoms with Crippen molar-refractivity contribution >= 4 is 0 Å². The van der Waals surface area contributed by atoms with Gasteiger partial charge in [-0.3, -0.25) is 0 Å². The van der Waals surface area contributed by atoms with E-state index in [1.54, 1.807) is 0 Å². The minimum Gasteiger partial charge on any atom is -0.492 e. The van der Waals surface area contributed by atoms with Crippen molar-refractivity contribution in [2.75, 3.05) is 19.8 Å². The van der Waals surface area contributed by atoms with Crippen LogP contribution in [0.4, 0.5) is 0 Å². The number of aryl methyl sites for hydroxylation is 1. The topological polar surface area (TPSA) is 41.5 Å². The molecule has 0 saturated carbocycles. The maximum Gasteiger partial charge on any atom is 0.119 e. The highest BCUT2D eigenvalue weighted by molar-refractivity contribution is 5.28. The fraction of sp³-hybridized carbons (Fsp3) is 0.600. The largest absolute Gasteiger partial charge is 0.492 e. The summed E-state index contributed by atoms with van der Waals surface area (Å²) in [7, 11) is 0. The third-order valence-electron chi connectivity index (χ3n) is 2.92. The van der Waals surface area contributed by atoms with Crippen LogP contribution in [0.1, 0.15) is 32.3 Å². The SMILES string of the molecule is CCCNC(CCO)COc1cccc(CC)c1. The molecule has 0 radical (unpaired) electrons. The van der Waals surface area contributed by atoms with Crippen molar-refractivity contribution in [2.24, 2.45) is 0 Å². The van der Waals surface area contributed by atoms with Crippen LogP contribution in [-0.4, -0.2) is 30.9 Å². The molecule has 0 fully saturated rings. The second-order valence-corrected chi connectivity index (χ2v) is 4.48. The molecule has 1 aromatic rings. The van der Waals surface area contributed by atoms with Gasteiger partial charge in [-0.25, -0.2) is 0 Å². The van der Waals surface area contributed by atoms with E-state index >= 15 is 0 Å². The molecule has 0 bridgehead atoms. The summed E-state index contributed by atoms with van der Waals surface area (Å²) in [6, 6.07) is 8.41. The lowest BCUT2D eigenvalue weighted by Gasteiger charge is -2.18. The fourth-order valence-corrected chi connectivity index (χ4v) is 1.80. The van der Waals surface area contributed by atoms with Gasteiger partial charge in [0.2, 0.25) is 0 Å². The maximum atomic E-state index is 9.02. The highest BCUT2D eigenvalue weighted by atomic mass is 16.5. The molecule has 1 unspecified atom stereocenters. The van der Waals surface area contributed by atoms with Gasteiger partial charge in [-0.05, 0) is 43.5 Å². The summed E-state index contributed by atoms with van der Waals surface area (Å²) in [6.45, 7) is 6.03. The van der Waals surface area contributed by atoms with Crippen LogP contribution in [0.2, 0.25) is 0 Å². The Morgan fingerprint density at radius 2 is 2.17 bits per heavy atom. The highest BCUT2D eigenvalue weighted by Crippen LogP contribution is 2.14. The molecule has 0 aliphatic heterocycles. The van der Waals surface area contributed by atoms with Crippen molar-refractivity contribution in [3.05, 3.63) is 29.8 Å². The molecule has 3 heteroatoms. The molecule has 1 aromatic carbocycles. The Hall–Kier alpha value is -1.06. The molecule has 0 heterocycles. The van der Waals surface area contributed by atoms with Crippen molar-refractivity contribution < 1.29 is 9.84 Å². The van der Waals surface area contributed by atoms with E-state index in [1.807, 2.05) is 12.1 Å². The lowest BCUT2D eigenvalue weighted by atomic mass is 10.1. The number of aliphatic hydroxyl groups is 1. The zero-order chi connectivity index (χ0) is 13.2. The molecule has 18 heavy (non-hydrogen) atoms. The summed E-state index contributed by atoms with van der Waals surface area (Å²) < 4.78 is 5.79. The first-order chi connectivity index (χ1) is 8.80. The fourth-order valence-electron chi connectivity index (χ4n) is 1.80. The number of benzene rings is 1.